The highest BCUT2D eigenvalue weighted by atomic mass is 16.2. The summed E-state index contributed by atoms with van der Waals surface area (Å²) in [7, 11) is 0. The van der Waals surface area contributed by atoms with Crippen molar-refractivity contribution in [2.24, 2.45) is 5.10 Å². The van der Waals surface area contributed by atoms with Crippen LogP contribution in [0.1, 0.15) is 36.0 Å². The molecule has 2 amide bonds. The number of rotatable bonds is 5. The summed E-state index contributed by atoms with van der Waals surface area (Å²) in [6.07, 6.45) is 1.05. The van der Waals surface area contributed by atoms with Gasteiger partial charge in [-0.3, -0.25) is 9.59 Å². The second-order valence-electron chi connectivity index (χ2n) is 6.55. The monoisotopic (exact) mass is 349 g/mol. The molecule has 5 heteroatoms. The van der Waals surface area contributed by atoms with Gasteiger partial charge in [0.15, 0.2) is 0 Å². The molecule has 2 aromatic rings. The van der Waals surface area contributed by atoms with Gasteiger partial charge in [0, 0.05) is 24.9 Å². The highest BCUT2D eigenvalue weighted by molar-refractivity contribution is 6.02. The maximum atomic E-state index is 12.3. The predicted octanol–water partition coefficient (Wildman–Crippen LogP) is 3.66. The lowest BCUT2D eigenvalue weighted by atomic mass is 10.1. The van der Waals surface area contributed by atoms with Crippen molar-refractivity contribution in [3.63, 3.8) is 0 Å². The number of benzene rings is 2. The van der Waals surface area contributed by atoms with Gasteiger partial charge in [0.1, 0.15) is 0 Å². The van der Waals surface area contributed by atoms with Crippen LogP contribution in [0, 0.1) is 13.8 Å². The lowest BCUT2D eigenvalue weighted by Crippen LogP contribution is -2.25. The maximum absolute atomic E-state index is 12.3. The number of nitrogens with one attached hydrogen (secondary N) is 1. The van der Waals surface area contributed by atoms with Gasteiger partial charge in [-0.05, 0) is 31.0 Å². The Hall–Kier alpha value is -2.95. The molecule has 0 aromatic heterocycles. The normalized spacial score (nSPS) is 13.5. The first-order valence-electron chi connectivity index (χ1n) is 8.83. The third-order valence-corrected chi connectivity index (χ3v) is 4.42. The SMILES string of the molecule is Cc1ccc(NC(=O)CCC(=O)N2CCC(c3ccccc3)=N2)c(C)c1. The summed E-state index contributed by atoms with van der Waals surface area (Å²) in [4.78, 5) is 24.5. The molecule has 134 valence electrons. The van der Waals surface area contributed by atoms with Gasteiger partial charge >= 0.3 is 0 Å². The molecule has 0 saturated heterocycles. The Bertz CT molecular complexity index is 844. The van der Waals surface area contributed by atoms with Gasteiger partial charge in [-0.15, -0.1) is 0 Å². The van der Waals surface area contributed by atoms with Crippen molar-refractivity contribution in [2.75, 3.05) is 11.9 Å². The molecule has 0 atom stereocenters. The Balaban J connectivity index is 1.52. The Kier molecular flexibility index (Phi) is 5.46. The molecule has 1 aliphatic rings. The molecule has 1 heterocycles. The van der Waals surface area contributed by atoms with E-state index >= 15 is 0 Å². The van der Waals surface area contributed by atoms with Crippen molar-refractivity contribution < 1.29 is 9.59 Å². The van der Waals surface area contributed by atoms with Gasteiger partial charge in [0.25, 0.3) is 0 Å². The van der Waals surface area contributed by atoms with E-state index in [1.54, 1.807) is 0 Å². The number of carbonyl (C=O) groups is 2. The quantitative estimate of drug-likeness (QED) is 0.895. The van der Waals surface area contributed by atoms with Crippen LogP contribution in [0.5, 0.6) is 0 Å². The van der Waals surface area contributed by atoms with Crippen LogP contribution in [0.15, 0.2) is 53.6 Å². The summed E-state index contributed by atoms with van der Waals surface area (Å²) in [6.45, 7) is 4.54. The van der Waals surface area contributed by atoms with Crippen LogP contribution < -0.4 is 5.32 Å². The summed E-state index contributed by atoms with van der Waals surface area (Å²) in [6, 6.07) is 15.7. The van der Waals surface area contributed by atoms with E-state index in [4.69, 9.17) is 0 Å². The minimum atomic E-state index is -0.156. The van der Waals surface area contributed by atoms with Crippen molar-refractivity contribution >= 4 is 23.2 Å². The zero-order valence-electron chi connectivity index (χ0n) is 15.2. The van der Waals surface area contributed by atoms with Gasteiger partial charge in [-0.1, -0.05) is 48.0 Å². The highest BCUT2D eigenvalue weighted by Gasteiger charge is 2.21. The smallest absolute Gasteiger partial charge is 0.243 e. The molecular weight excluding hydrogens is 326 g/mol. The molecule has 3 rings (SSSR count). The number of hydrogen-bond donors (Lipinski definition) is 1. The molecule has 2 aromatic carbocycles. The molecule has 0 spiro atoms. The zero-order valence-corrected chi connectivity index (χ0v) is 15.2. The van der Waals surface area contributed by atoms with E-state index in [1.807, 2.05) is 62.4 Å². The fourth-order valence-corrected chi connectivity index (χ4v) is 2.99. The van der Waals surface area contributed by atoms with E-state index in [-0.39, 0.29) is 24.7 Å². The lowest BCUT2D eigenvalue weighted by Gasteiger charge is -2.12. The van der Waals surface area contributed by atoms with Crippen molar-refractivity contribution in [1.82, 2.24) is 5.01 Å². The predicted molar refractivity (Wildman–Crippen MR) is 103 cm³/mol. The second kappa shape index (κ2) is 7.95. The van der Waals surface area contributed by atoms with Crippen molar-refractivity contribution in [2.45, 2.75) is 33.1 Å². The molecule has 0 bridgehead atoms. The van der Waals surface area contributed by atoms with Crippen LogP contribution in [-0.4, -0.2) is 29.1 Å². The highest BCUT2D eigenvalue weighted by Crippen LogP contribution is 2.17. The number of hydrazone groups is 1. The van der Waals surface area contributed by atoms with Gasteiger partial charge in [0.2, 0.25) is 11.8 Å². The first kappa shape index (κ1) is 17.9. The van der Waals surface area contributed by atoms with Crippen molar-refractivity contribution in [1.29, 1.82) is 0 Å². The number of hydrogen-bond acceptors (Lipinski definition) is 3. The van der Waals surface area contributed by atoms with Gasteiger partial charge < -0.3 is 5.32 Å². The molecule has 1 N–H and O–H groups in total. The first-order chi connectivity index (χ1) is 12.5. The lowest BCUT2D eigenvalue weighted by molar-refractivity contribution is -0.132. The fraction of sp³-hybridized carbons (Fsp3) is 0.286. The number of carbonyl (C=O) groups excluding carboxylic acids is 2. The Morgan fingerprint density at radius 1 is 1.08 bits per heavy atom. The standard InChI is InChI=1S/C21H23N3O2/c1-15-8-9-18(16(2)14-15)22-20(25)10-11-21(26)24-13-12-19(23-24)17-6-4-3-5-7-17/h3-9,14H,10-13H2,1-2H3,(H,22,25). The summed E-state index contributed by atoms with van der Waals surface area (Å²) >= 11 is 0. The average Bonchev–Trinajstić information content (AvgIpc) is 3.13. The van der Waals surface area contributed by atoms with E-state index in [1.165, 1.54) is 5.01 Å². The molecule has 0 saturated carbocycles. The second-order valence-corrected chi connectivity index (χ2v) is 6.55. The molecule has 0 aliphatic carbocycles. The molecule has 1 aliphatic heterocycles. The largest absolute Gasteiger partial charge is 0.326 e. The Labute approximate surface area is 153 Å². The van der Waals surface area contributed by atoms with E-state index in [0.717, 1.165) is 34.5 Å². The van der Waals surface area contributed by atoms with Crippen LogP contribution in [0.25, 0.3) is 0 Å². The Morgan fingerprint density at radius 2 is 1.85 bits per heavy atom. The van der Waals surface area contributed by atoms with Gasteiger partial charge in [0.05, 0.1) is 12.3 Å². The third kappa shape index (κ3) is 4.36. The minimum absolute atomic E-state index is 0.119. The van der Waals surface area contributed by atoms with E-state index < -0.39 is 0 Å². The number of aryl methyl sites for hydroxylation is 2. The third-order valence-electron chi connectivity index (χ3n) is 4.42. The van der Waals surface area contributed by atoms with Gasteiger partial charge in [-0.25, -0.2) is 5.01 Å². The first-order valence-corrected chi connectivity index (χ1v) is 8.83. The van der Waals surface area contributed by atoms with Gasteiger partial charge in [-0.2, -0.15) is 5.10 Å². The zero-order chi connectivity index (χ0) is 18.5. The van der Waals surface area contributed by atoms with Crippen LogP contribution in [0.2, 0.25) is 0 Å². The summed E-state index contributed by atoms with van der Waals surface area (Å²) in [5.74, 6) is -0.275. The van der Waals surface area contributed by atoms with Crippen molar-refractivity contribution in [3.05, 3.63) is 65.2 Å². The minimum Gasteiger partial charge on any atom is -0.326 e. The topological polar surface area (TPSA) is 61.8 Å². The molecule has 0 fully saturated rings. The molecular formula is C21H23N3O2. The number of nitrogens with zero attached hydrogens (tertiary/aromatic N) is 2. The van der Waals surface area contributed by atoms with Crippen LogP contribution in [-0.2, 0) is 9.59 Å². The maximum Gasteiger partial charge on any atom is 0.243 e. The average molecular weight is 349 g/mol. The van der Waals surface area contributed by atoms with Crippen molar-refractivity contribution in [3.8, 4) is 0 Å². The van der Waals surface area contributed by atoms with Crippen LogP contribution in [0.4, 0.5) is 5.69 Å². The molecule has 0 unspecified atom stereocenters. The summed E-state index contributed by atoms with van der Waals surface area (Å²) in [5, 5.41) is 8.76. The summed E-state index contributed by atoms with van der Waals surface area (Å²) in [5.41, 5.74) is 4.91. The molecule has 0 radical (unpaired) electrons. The Morgan fingerprint density at radius 3 is 2.58 bits per heavy atom. The number of amides is 2. The van der Waals surface area contributed by atoms with E-state index in [0.29, 0.717) is 6.54 Å². The van der Waals surface area contributed by atoms with Crippen LogP contribution in [0.3, 0.4) is 0 Å². The molecule has 26 heavy (non-hydrogen) atoms. The number of anilines is 1. The van der Waals surface area contributed by atoms with Crippen LogP contribution >= 0.6 is 0 Å². The molecule has 5 nitrogen and oxygen atoms in total. The van der Waals surface area contributed by atoms with E-state index in [9.17, 15) is 9.59 Å². The fourth-order valence-electron chi connectivity index (χ4n) is 2.99. The van der Waals surface area contributed by atoms with E-state index in [2.05, 4.69) is 10.4 Å². The summed E-state index contributed by atoms with van der Waals surface area (Å²) < 4.78 is 0.